The van der Waals surface area contributed by atoms with Gasteiger partial charge in [0.15, 0.2) is 0 Å². The van der Waals surface area contributed by atoms with Crippen LogP contribution in [0.4, 0.5) is 0 Å². The quantitative estimate of drug-likeness (QED) is 0.877. The number of hydrogen-bond acceptors (Lipinski definition) is 4. The van der Waals surface area contributed by atoms with E-state index in [0.717, 1.165) is 17.8 Å². The van der Waals surface area contributed by atoms with Gasteiger partial charge in [0.2, 0.25) is 0 Å². The van der Waals surface area contributed by atoms with Crippen LogP contribution in [0.3, 0.4) is 0 Å². The lowest BCUT2D eigenvalue weighted by Gasteiger charge is -2.30. The van der Waals surface area contributed by atoms with Crippen molar-refractivity contribution in [1.29, 1.82) is 0 Å². The number of furan rings is 1. The van der Waals surface area contributed by atoms with Gasteiger partial charge in [-0.15, -0.1) is 0 Å². The summed E-state index contributed by atoms with van der Waals surface area (Å²) in [4.78, 5) is 6.60. The number of rotatable bonds is 5. The molecule has 0 aromatic carbocycles. The van der Waals surface area contributed by atoms with Gasteiger partial charge in [-0.1, -0.05) is 6.07 Å². The van der Waals surface area contributed by atoms with Crippen LogP contribution in [0.25, 0.3) is 0 Å². The largest absolute Gasteiger partial charge is 0.472 e. The number of aromatic nitrogens is 1. The van der Waals surface area contributed by atoms with E-state index in [1.165, 1.54) is 0 Å². The summed E-state index contributed by atoms with van der Waals surface area (Å²) in [6.07, 6.45) is 5.24. The molecule has 2 N–H and O–H groups in total. The highest BCUT2D eigenvalue weighted by atomic mass is 16.3. The molecule has 0 spiro atoms. The molecule has 4 heteroatoms. The second-order valence-corrected chi connectivity index (χ2v) is 4.61. The van der Waals surface area contributed by atoms with Crippen LogP contribution >= 0.6 is 0 Å². The van der Waals surface area contributed by atoms with Crippen LogP contribution in [0.2, 0.25) is 0 Å². The van der Waals surface area contributed by atoms with Crippen LogP contribution in [-0.2, 0) is 6.54 Å². The van der Waals surface area contributed by atoms with Crippen molar-refractivity contribution in [2.24, 2.45) is 5.73 Å². The Kier molecular flexibility index (Phi) is 4.12. The Bertz CT molecular complexity index is 453. The van der Waals surface area contributed by atoms with Gasteiger partial charge in [0.05, 0.1) is 24.3 Å². The zero-order valence-electron chi connectivity index (χ0n) is 10.8. The number of likely N-dealkylation sites (N-methyl/N-ethyl adjacent to an activating group) is 1. The summed E-state index contributed by atoms with van der Waals surface area (Å²) < 4.78 is 5.09. The molecule has 0 amide bonds. The Morgan fingerprint density at radius 1 is 1.39 bits per heavy atom. The van der Waals surface area contributed by atoms with Crippen molar-refractivity contribution in [2.75, 3.05) is 7.05 Å². The summed E-state index contributed by atoms with van der Waals surface area (Å²) in [5, 5.41) is 0. The van der Waals surface area contributed by atoms with E-state index in [1.807, 2.05) is 31.2 Å². The van der Waals surface area contributed by atoms with Crippen molar-refractivity contribution in [3.63, 3.8) is 0 Å². The van der Waals surface area contributed by atoms with Gasteiger partial charge in [0.25, 0.3) is 0 Å². The molecular weight excluding hydrogens is 226 g/mol. The van der Waals surface area contributed by atoms with Crippen molar-refractivity contribution >= 4 is 0 Å². The van der Waals surface area contributed by atoms with Crippen LogP contribution in [-0.4, -0.2) is 23.0 Å². The molecule has 2 rings (SSSR count). The Balaban J connectivity index is 2.15. The highest BCUT2D eigenvalue weighted by molar-refractivity contribution is 5.12. The standard InChI is InChI=1S/C14H19N3O/c1-11(15)14(13-5-3-4-7-16-13)17(2)9-12-6-8-18-10-12/h3-8,10-11,14H,9,15H2,1-2H3. The lowest BCUT2D eigenvalue weighted by molar-refractivity contribution is 0.206. The van der Waals surface area contributed by atoms with Crippen molar-refractivity contribution in [2.45, 2.75) is 25.6 Å². The van der Waals surface area contributed by atoms with Gasteiger partial charge < -0.3 is 10.2 Å². The lowest BCUT2D eigenvalue weighted by Crippen LogP contribution is -2.37. The first-order chi connectivity index (χ1) is 8.68. The normalized spacial score (nSPS) is 14.7. The molecule has 18 heavy (non-hydrogen) atoms. The van der Waals surface area contributed by atoms with Gasteiger partial charge in [-0.05, 0) is 32.2 Å². The molecule has 2 aromatic heterocycles. The molecule has 2 aromatic rings. The Morgan fingerprint density at radius 3 is 2.78 bits per heavy atom. The van der Waals surface area contributed by atoms with Crippen LogP contribution < -0.4 is 5.73 Å². The predicted octanol–water partition coefficient (Wildman–Crippen LogP) is 2.19. The van der Waals surface area contributed by atoms with Gasteiger partial charge in [0.1, 0.15) is 0 Å². The zero-order valence-corrected chi connectivity index (χ0v) is 10.8. The van der Waals surface area contributed by atoms with E-state index in [2.05, 4.69) is 16.9 Å². The van der Waals surface area contributed by atoms with E-state index >= 15 is 0 Å². The summed E-state index contributed by atoms with van der Waals surface area (Å²) in [5.74, 6) is 0. The zero-order chi connectivity index (χ0) is 13.0. The molecule has 2 atom stereocenters. The summed E-state index contributed by atoms with van der Waals surface area (Å²) in [6.45, 7) is 2.80. The summed E-state index contributed by atoms with van der Waals surface area (Å²) >= 11 is 0. The van der Waals surface area contributed by atoms with Crippen molar-refractivity contribution in [3.8, 4) is 0 Å². The molecule has 2 unspecified atom stereocenters. The predicted molar refractivity (Wildman–Crippen MR) is 70.8 cm³/mol. The third kappa shape index (κ3) is 2.97. The fourth-order valence-corrected chi connectivity index (χ4v) is 2.22. The van der Waals surface area contributed by atoms with Gasteiger partial charge >= 0.3 is 0 Å². The molecule has 0 aliphatic rings. The Hall–Kier alpha value is -1.65. The van der Waals surface area contributed by atoms with Crippen molar-refractivity contribution in [1.82, 2.24) is 9.88 Å². The molecule has 0 saturated carbocycles. The minimum absolute atomic E-state index is 0.0109. The topological polar surface area (TPSA) is 55.3 Å². The van der Waals surface area contributed by atoms with E-state index in [4.69, 9.17) is 10.2 Å². The average molecular weight is 245 g/mol. The molecule has 0 saturated heterocycles. The fourth-order valence-electron chi connectivity index (χ4n) is 2.22. The first kappa shape index (κ1) is 12.8. The van der Waals surface area contributed by atoms with Crippen LogP contribution in [0.1, 0.15) is 24.2 Å². The molecule has 0 radical (unpaired) electrons. The fraction of sp³-hybridized carbons (Fsp3) is 0.357. The first-order valence-corrected chi connectivity index (χ1v) is 6.06. The first-order valence-electron chi connectivity index (χ1n) is 6.06. The monoisotopic (exact) mass is 245 g/mol. The summed E-state index contributed by atoms with van der Waals surface area (Å²) in [6, 6.07) is 7.99. The SMILES string of the molecule is CC(N)C(c1ccccn1)N(C)Cc1ccoc1. The smallest absolute Gasteiger partial charge is 0.0947 e. The van der Waals surface area contributed by atoms with Crippen molar-refractivity contribution < 1.29 is 4.42 Å². The number of nitrogens with two attached hydrogens (primary N) is 1. The number of pyridine rings is 1. The molecule has 0 fully saturated rings. The van der Waals surface area contributed by atoms with Crippen LogP contribution in [0, 0.1) is 0 Å². The third-order valence-corrected chi connectivity index (χ3v) is 2.98. The maximum absolute atomic E-state index is 6.09. The Labute approximate surface area is 107 Å². The minimum atomic E-state index is 0.0109. The van der Waals surface area contributed by atoms with E-state index in [0.29, 0.717) is 0 Å². The molecule has 0 aliphatic carbocycles. The molecule has 0 bridgehead atoms. The van der Waals surface area contributed by atoms with Crippen LogP contribution in [0.5, 0.6) is 0 Å². The van der Waals surface area contributed by atoms with E-state index in [9.17, 15) is 0 Å². The van der Waals surface area contributed by atoms with Crippen LogP contribution in [0.15, 0.2) is 47.4 Å². The van der Waals surface area contributed by atoms with Gasteiger partial charge in [0, 0.05) is 24.3 Å². The third-order valence-electron chi connectivity index (χ3n) is 2.98. The highest BCUT2D eigenvalue weighted by Crippen LogP contribution is 2.22. The highest BCUT2D eigenvalue weighted by Gasteiger charge is 2.22. The van der Waals surface area contributed by atoms with Crippen molar-refractivity contribution in [3.05, 3.63) is 54.2 Å². The molecule has 2 heterocycles. The number of nitrogens with zero attached hydrogens (tertiary/aromatic N) is 2. The second-order valence-electron chi connectivity index (χ2n) is 4.61. The van der Waals surface area contributed by atoms with E-state index in [1.54, 1.807) is 18.7 Å². The maximum Gasteiger partial charge on any atom is 0.0947 e. The molecular formula is C14H19N3O. The average Bonchev–Trinajstić information content (AvgIpc) is 2.83. The van der Waals surface area contributed by atoms with E-state index in [-0.39, 0.29) is 12.1 Å². The Morgan fingerprint density at radius 2 is 2.22 bits per heavy atom. The summed E-state index contributed by atoms with van der Waals surface area (Å²) in [7, 11) is 2.05. The van der Waals surface area contributed by atoms with Gasteiger partial charge in [-0.25, -0.2) is 0 Å². The summed E-state index contributed by atoms with van der Waals surface area (Å²) in [5.41, 5.74) is 8.23. The number of hydrogen-bond donors (Lipinski definition) is 1. The molecule has 0 aliphatic heterocycles. The molecule has 96 valence electrons. The van der Waals surface area contributed by atoms with Gasteiger partial charge in [-0.3, -0.25) is 9.88 Å². The van der Waals surface area contributed by atoms with E-state index < -0.39 is 0 Å². The maximum atomic E-state index is 6.09. The minimum Gasteiger partial charge on any atom is -0.472 e. The van der Waals surface area contributed by atoms with Gasteiger partial charge in [-0.2, -0.15) is 0 Å². The lowest BCUT2D eigenvalue weighted by atomic mass is 10.0. The molecule has 4 nitrogen and oxygen atoms in total. The second kappa shape index (κ2) is 5.80.